The van der Waals surface area contributed by atoms with Gasteiger partial charge in [0.2, 0.25) is 0 Å². The maximum absolute atomic E-state index is 10.2. The molecule has 22 heavy (non-hydrogen) atoms. The van der Waals surface area contributed by atoms with Gasteiger partial charge in [-0.15, -0.1) is 0 Å². The van der Waals surface area contributed by atoms with Gasteiger partial charge >= 0.3 is 0 Å². The molecule has 0 aliphatic heterocycles. The Balaban J connectivity index is 0.000000220. The number of phenols is 2. The molecule has 0 amide bonds. The lowest BCUT2D eigenvalue weighted by atomic mass is 10.2. The summed E-state index contributed by atoms with van der Waals surface area (Å²) in [5.41, 5.74) is 1.21. The molecule has 0 aromatic heterocycles. The number of hydrogen-bond acceptors (Lipinski definition) is 6. The van der Waals surface area contributed by atoms with Gasteiger partial charge in [0.25, 0.3) is 0 Å². The van der Waals surface area contributed by atoms with E-state index in [0.29, 0.717) is 23.3 Å². The molecular formula is C16H18O6. The first-order chi connectivity index (χ1) is 10.5. The second-order valence-electron chi connectivity index (χ2n) is 4.21. The average Bonchev–Trinajstić information content (AvgIpc) is 2.56. The first-order valence-electron chi connectivity index (χ1n) is 6.34. The minimum Gasteiger partial charge on any atom is -0.504 e. The van der Waals surface area contributed by atoms with E-state index in [2.05, 4.69) is 0 Å². The number of aliphatic hydroxyl groups excluding tert-OH is 1. The molecule has 0 saturated carbocycles. The first kappa shape index (κ1) is 17.3. The van der Waals surface area contributed by atoms with Crippen LogP contribution in [0, 0.1) is 0 Å². The van der Waals surface area contributed by atoms with Crippen LogP contribution in [-0.2, 0) is 6.61 Å². The van der Waals surface area contributed by atoms with Gasteiger partial charge in [-0.3, -0.25) is 4.79 Å². The Kier molecular flexibility index (Phi) is 6.72. The van der Waals surface area contributed by atoms with Crippen LogP contribution < -0.4 is 9.47 Å². The lowest BCUT2D eigenvalue weighted by Gasteiger charge is -2.03. The number of methoxy groups -OCH3 is 2. The number of hydrogen-bond donors (Lipinski definition) is 3. The smallest absolute Gasteiger partial charge is 0.161 e. The molecule has 2 rings (SSSR count). The molecule has 2 aromatic carbocycles. The first-order valence-corrected chi connectivity index (χ1v) is 6.34. The van der Waals surface area contributed by atoms with Gasteiger partial charge < -0.3 is 24.8 Å². The standard InChI is InChI=1S/C8H10O3.C8H8O3/c2*1-11-8-4-6(5-9)2-3-7(8)10/h2-4,9-10H,5H2,1H3;2-5,10H,1H3. The van der Waals surface area contributed by atoms with Crippen LogP contribution in [0.2, 0.25) is 0 Å². The molecule has 0 radical (unpaired) electrons. The summed E-state index contributed by atoms with van der Waals surface area (Å²) >= 11 is 0. The van der Waals surface area contributed by atoms with Crippen molar-refractivity contribution in [1.82, 2.24) is 0 Å². The van der Waals surface area contributed by atoms with E-state index in [4.69, 9.17) is 24.8 Å². The number of aliphatic hydroxyl groups is 1. The van der Waals surface area contributed by atoms with Crippen LogP contribution in [0.5, 0.6) is 23.0 Å². The van der Waals surface area contributed by atoms with Crippen molar-refractivity contribution < 1.29 is 29.6 Å². The molecular weight excluding hydrogens is 288 g/mol. The Morgan fingerprint density at radius 2 is 1.50 bits per heavy atom. The van der Waals surface area contributed by atoms with Crippen molar-refractivity contribution in [2.24, 2.45) is 0 Å². The third-order valence-corrected chi connectivity index (χ3v) is 2.77. The molecule has 0 fully saturated rings. The minimum absolute atomic E-state index is 0.0399. The Labute approximate surface area is 128 Å². The molecule has 6 heteroatoms. The third-order valence-electron chi connectivity index (χ3n) is 2.77. The van der Waals surface area contributed by atoms with Crippen LogP contribution in [-0.4, -0.2) is 35.8 Å². The fraction of sp³-hybridized carbons (Fsp3) is 0.188. The van der Waals surface area contributed by atoms with Crippen molar-refractivity contribution in [1.29, 1.82) is 0 Å². The molecule has 0 heterocycles. The lowest BCUT2D eigenvalue weighted by Crippen LogP contribution is -1.87. The van der Waals surface area contributed by atoms with Gasteiger partial charge in [-0.2, -0.15) is 0 Å². The maximum atomic E-state index is 10.2. The van der Waals surface area contributed by atoms with Gasteiger partial charge in [0, 0.05) is 5.56 Å². The molecule has 0 unspecified atom stereocenters. The van der Waals surface area contributed by atoms with E-state index in [1.54, 1.807) is 12.1 Å². The number of phenolic OH excluding ortho intramolecular Hbond substituents is 2. The number of carbonyl (C=O) groups excluding carboxylic acids is 1. The van der Waals surface area contributed by atoms with Crippen molar-refractivity contribution >= 4 is 6.29 Å². The predicted molar refractivity (Wildman–Crippen MR) is 80.6 cm³/mol. The van der Waals surface area contributed by atoms with Gasteiger partial charge in [-0.25, -0.2) is 0 Å². The zero-order chi connectivity index (χ0) is 16.5. The molecule has 3 N–H and O–H groups in total. The number of ether oxygens (including phenoxy) is 2. The Bertz CT molecular complexity index is 624. The summed E-state index contributed by atoms with van der Waals surface area (Å²) in [5, 5.41) is 26.9. The molecule has 118 valence electrons. The molecule has 0 aliphatic carbocycles. The van der Waals surface area contributed by atoms with Crippen LogP contribution >= 0.6 is 0 Å². The van der Waals surface area contributed by atoms with E-state index in [1.807, 2.05) is 0 Å². The van der Waals surface area contributed by atoms with E-state index in [0.717, 1.165) is 5.56 Å². The number of rotatable bonds is 4. The topological polar surface area (TPSA) is 96.2 Å². The summed E-state index contributed by atoms with van der Waals surface area (Å²) in [6.07, 6.45) is 0.696. The highest BCUT2D eigenvalue weighted by molar-refractivity contribution is 5.76. The second-order valence-corrected chi connectivity index (χ2v) is 4.21. The SMILES string of the molecule is COc1cc(C=O)ccc1O.COc1cc(CO)ccc1O. The zero-order valence-electron chi connectivity index (χ0n) is 12.3. The molecule has 0 saturated heterocycles. The second kappa shape index (κ2) is 8.53. The predicted octanol–water partition coefficient (Wildman–Crippen LogP) is 2.11. The fourth-order valence-corrected chi connectivity index (χ4v) is 1.59. The quantitative estimate of drug-likeness (QED) is 0.749. The Morgan fingerprint density at radius 1 is 0.955 bits per heavy atom. The van der Waals surface area contributed by atoms with E-state index < -0.39 is 0 Å². The Hall–Kier alpha value is -2.73. The summed E-state index contributed by atoms with van der Waals surface area (Å²) in [6.45, 7) is -0.0450. The van der Waals surface area contributed by atoms with E-state index >= 15 is 0 Å². The van der Waals surface area contributed by atoms with Gasteiger partial charge in [0.05, 0.1) is 20.8 Å². The van der Waals surface area contributed by atoms with Crippen molar-refractivity contribution in [2.75, 3.05) is 14.2 Å². The summed E-state index contributed by atoms with van der Waals surface area (Å²) in [5.74, 6) is 0.828. The molecule has 2 aromatic rings. The van der Waals surface area contributed by atoms with E-state index in [-0.39, 0.29) is 18.1 Å². The molecule has 0 atom stereocenters. The summed E-state index contributed by atoms with van der Waals surface area (Å²) in [6, 6.07) is 9.13. The van der Waals surface area contributed by atoms with Crippen molar-refractivity contribution in [2.45, 2.75) is 6.61 Å². The van der Waals surface area contributed by atoms with E-state index in [9.17, 15) is 4.79 Å². The van der Waals surface area contributed by atoms with E-state index in [1.165, 1.54) is 38.5 Å². The molecule has 6 nitrogen and oxygen atoms in total. The number of benzene rings is 2. The van der Waals surface area contributed by atoms with Crippen molar-refractivity contribution in [3.05, 3.63) is 47.5 Å². The van der Waals surface area contributed by atoms with Gasteiger partial charge in [-0.05, 0) is 35.9 Å². The number of carbonyl (C=O) groups is 1. The van der Waals surface area contributed by atoms with Crippen LogP contribution in [0.15, 0.2) is 36.4 Å². The number of aldehydes is 1. The van der Waals surface area contributed by atoms with Crippen LogP contribution in [0.1, 0.15) is 15.9 Å². The summed E-state index contributed by atoms with van der Waals surface area (Å²) in [7, 11) is 2.90. The van der Waals surface area contributed by atoms with Crippen LogP contribution in [0.25, 0.3) is 0 Å². The van der Waals surface area contributed by atoms with Crippen molar-refractivity contribution in [3.8, 4) is 23.0 Å². The fourth-order valence-electron chi connectivity index (χ4n) is 1.59. The molecule has 0 bridgehead atoms. The van der Waals surface area contributed by atoms with Crippen molar-refractivity contribution in [3.63, 3.8) is 0 Å². The van der Waals surface area contributed by atoms with Gasteiger partial charge in [-0.1, -0.05) is 6.07 Å². The largest absolute Gasteiger partial charge is 0.504 e. The third kappa shape index (κ3) is 4.68. The molecule has 0 aliphatic rings. The highest BCUT2D eigenvalue weighted by Gasteiger charge is 2.01. The van der Waals surface area contributed by atoms with Crippen LogP contribution in [0.3, 0.4) is 0 Å². The summed E-state index contributed by atoms with van der Waals surface area (Å²) < 4.78 is 9.60. The maximum Gasteiger partial charge on any atom is 0.161 e. The zero-order valence-corrected chi connectivity index (χ0v) is 12.3. The lowest BCUT2D eigenvalue weighted by molar-refractivity contribution is 0.112. The molecule has 0 spiro atoms. The van der Waals surface area contributed by atoms with Gasteiger partial charge in [0.1, 0.15) is 6.29 Å². The minimum atomic E-state index is -0.0450. The highest BCUT2D eigenvalue weighted by atomic mass is 16.5. The Morgan fingerprint density at radius 3 is 2.00 bits per heavy atom. The number of aromatic hydroxyl groups is 2. The average molecular weight is 306 g/mol. The highest BCUT2D eigenvalue weighted by Crippen LogP contribution is 2.26. The van der Waals surface area contributed by atoms with Crippen LogP contribution in [0.4, 0.5) is 0 Å². The van der Waals surface area contributed by atoms with Gasteiger partial charge in [0.15, 0.2) is 23.0 Å². The summed E-state index contributed by atoms with van der Waals surface area (Å²) in [4.78, 5) is 10.2. The monoisotopic (exact) mass is 306 g/mol. The normalized spacial score (nSPS) is 9.41.